The number of nitrogens with one attached hydrogen (secondary N) is 2. The lowest BCUT2D eigenvalue weighted by atomic mass is 9.74. The minimum absolute atomic E-state index is 0.0811. The lowest BCUT2D eigenvalue weighted by Crippen LogP contribution is -2.57. The Morgan fingerprint density at radius 2 is 1.82 bits per heavy atom. The van der Waals surface area contributed by atoms with Gasteiger partial charge in [0.2, 0.25) is 0 Å². The Balaban J connectivity index is 1.30. The third-order valence-electron chi connectivity index (χ3n) is 6.80. The van der Waals surface area contributed by atoms with Crippen molar-refractivity contribution in [1.29, 1.82) is 0 Å². The minimum atomic E-state index is -1.13. The smallest absolute Gasteiger partial charge is 0.322 e. The molecule has 5 rings (SSSR count). The van der Waals surface area contributed by atoms with Crippen LogP contribution in [0, 0.1) is 11.7 Å². The van der Waals surface area contributed by atoms with E-state index in [4.69, 9.17) is 0 Å². The Morgan fingerprint density at radius 3 is 2.52 bits per heavy atom. The summed E-state index contributed by atoms with van der Waals surface area (Å²) < 4.78 is 16.5. The van der Waals surface area contributed by atoms with Gasteiger partial charge in [0.15, 0.2) is 0 Å². The molecule has 4 heterocycles. The molecule has 3 aromatic rings. The summed E-state index contributed by atoms with van der Waals surface area (Å²) in [5.41, 5.74) is 0.449. The number of likely N-dealkylation sites (tertiary alicyclic amines) is 1. The van der Waals surface area contributed by atoms with Crippen LogP contribution in [0.5, 0.6) is 0 Å². The van der Waals surface area contributed by atoms with Crippen LogP contribution in [0.1, 0.15) is 24.1 Å². The van der Waals surface area contributed by atoms with Gasteiger partial charge in [-0.2, -0.15) is 0 Å². The van der Waals surface area contributed by atoms with Crippen LogP contribution in [0.3, 0.4) is 0 Å². The fraction of sp³-hybridized carbons (Fsp3) is 0.320. The number of pyridine rings is 1. The van der Waals surface area contributed by atoms with Gasteiger partial charge in [-0.3, -0.25) is 15.0 Å². The molecular weight excluding hydrogens is 421 g/mol. The van der Waals surface area contributed by atoms with E-state index in [1.165, 1.54) is 6.07 Å². The second-order valence-corrected chi connectivity index (χ2v) is 8.76. The molecule has 8 heteroatoms. The number of piperidine rings is 1. The maximum absolute atomic E-state index is 14.4. The predicted octanol–water partition coefficient (Wildman–Crippen LogP) is 3.04. The fourth-order valence-electron chi connectivity index (χ4n) is 5.08. The molecule has 0 aliphatic carbocycles. The monoisotopic (exact) mass is 447 g/mol. The lowest BCUT2D eigenvalue weighted by Gasteiger charge is -2.40. The van der Waals surface area contributed by atoms with E-state index < -0.39 is 11.6 Å². The number of aromatic nitrogens is 2. The van der Waals surface area contributed by atoms with Gasteiger partial charge in [-0.15, -0.1) is 0 Å². The highest BCUT2D eigenvalue weighted by Gasteiger charge is 2.52. The van der Waals surface area contributed by atoms with E-state index in [-0.39, 0.29) is 24.1 Å². The molecule has 2 aliphatic heterocycles. The molecular formula is C25H26FN5O2. The van der Waals surface area contributed by atoms with Crippen LogP contribution in [-0.2, 0) is 17.8 Å². The van der Waals surface area contributed by atoms with Crippen LogP contribution >= 0.6 is 0 Å². The first-order chi connectivity index (χ1) is 16.0. The molecule has 0 unspecified atom stereocenters. The van der Waals surface area contributed by atoms with Crippen molar-refractivity contribution < 1.29 is 14.0 Å². The SMILES string of the molecule is O=C1NC(=O)[C@@](Cc2ccccc2F)(C2CCN(Cc3cccn3-c3ccccn3)CC2)N1. The van der Waals surface area contributed by atoms with Gasteiger partial charge in [0.1, 0.15) is 17.2 Å². The van der Waals surface area contributed by atoms with E-state index in [1.807, 2.05) is 30.5 Å². The van der Waals surface area contributed by atoms with Gasteiger partial charge in [0, 0.05) is 31.1 Å². The highest BCUT2D eigenvalue weighted by Crippen LogP contribution is 2.35. The Morgan fingerprint density at radius 1 is 1.03 bits per heavy atom. The molecule has 2 saturated heterocycles. The van der Waals surface area contributed by atoms with Crippen molar-refractivity contribution in [2.75, 3.05) is 13.1 Å². The Hall–Kier alpha value is -3.52. The molecule has 0 spiro atoms. The number of hydrogen-bond acceptors (Lipinski definition) is 4. The number of carbonyl (C=O) groups excluding carboxylic acids is 2. The van der Waals surface area contributed by atoms with Crippen LogP contribution in [0.25, 0.3) is 5.82 Å². The molecule has 33 heavy (non-hydrogen) atoms. The van der Waals surface area contributed by atoms with Crippen LogP contribution < -0.4 is 10.6 Å². The number of urea groups is 1. The number of nitrogens with zero attached hydrogens (tertiary/aromatic N) is 3. The topological polar surface area (TPSA) is 79.3 Å². The molecule has 0 radical (unpaired) electrons. The van der Waals surface area contributed by atoms with E-state index >= 15 is 0 Å². The summed E-state index contributed by atoms with van der Waals surface area (Å²) in [6.45, 7) is 2.32. The molecule has 2 N–H and O–H groups in total. The Kier molecular flexibility index (Phi) is 5.68. The van der Waals surface area contributed by atoms with Crippen LogP contribution in [0.4, 0.5) is 9.18 Å². The summed E-state index contributed by atoms with van der Waals surface area (Å²) in [6.07, 6.45) is 5.39. The van der Waals surface area contributed by atoms with Crippen molar-refractivity contribution in [3.05, 3.63) is 84.1 Å². The number of imide groups is 1. The van der Waals surface area contributed by atoms with E-state index in [1.54, 1.807) is 24.4 Å². The maximum Gasteiger partial charge on any atom is 0.322 e. The lowest BCUT2D eigenvalue weighted by molar-refractivity contribution is -0.126. The zero-order chi connectivity index (χ0) is 22.8. The highest BCUT2D eigenvalue weighted by molar-refractivity contribution is 6.07. The number of halogens is 1. The highest BCUT2D eigenvalue weighted by atomic mass is 19.1. The van der Waals surface area contributed by atoms with Gasteiger partial charge in [0.25, 0.3) is 5.91 Å². The largest absolute Gasteiger partial charge is 0.323 e. The quantitative estimate of drug-likeness (QED) is 0.570. The number of amides is 3. The molecule has 3 amide bonds. The molecule has 2 aliphatic rings. The second kappa shape index (κ2) is 8.78. The molecule has 0 bridgehead atoms. The molecule has 2 aromatic heterocycles. The normalized spacial score (nSPS) is 21.7. The maximum atomic E-state index is 14.4. The zero-order valence-corrected chi connectivity index (χ0v) is 18.2. The van der Waals surface area contributed by atoms with Gasteiger partial charge < -0.3 is 9.88 Å². The molecule has 0 saturated carbocycles. The summed E-state index contributed by atoms with van der Waals surface area (Å²) >= 11 is 0. The Bertz CT molecular complexity index is 1160. The summed E-state index contributed by atoms with van der Waals surface area (Å²) in [6, 6.07) is 15.9. The Labute approximate surface area is 191 Å². The van der Waals surface area contributed by atoms with E-state index in [0.29, 0.717) is 5.56 Å². The van der Waals surface area contributed by atoms with Crippen molar-refractivity contribution in [2.45, 2.75) is 31.3 Å². The van der Waals surface area contributed by atoms with Gasteiger partial charge in [-0.25, -0.2) is 14.2 Å². The van der Waals surface area contributed by atoms with Crippen molar-refractivity contribution in [1.82, 2.24) is 25.1 Å². The van der Waals surface area contributed by atoms with Crippen molar-refractivity contribution in [3.63, 3.8) is 0 Å². The molecule has 170 valence electrons. The number of carbonyl (C=O) groups is 2. The first-order valence-electron chi connectivity index (χ1n) is 11.2. The summed E-state index contributed by atoms with van der Waals surface area (Å²) in [5, 5.41) is 5.24. The van der Waals surface area contributed by atoms with Gasteiger partial charge >= 0.3 is 6.03 Å². The molecule has 2 fully saturated rings. The second-order valence-electron chi connectivity index (χ2n) is 8.76. The standard InChI is InChI=1S/C25H26FN5O2/c26-21-8-2-1-6-18(21)16-25(23(32)28-24(33)29-25)19-10-14-30(15-11-19)17-20-7-5-13-31(20)22-9-3-4-12-27-22/h1-9,12-13,19H,10-11,14-17H2,(H2,28,29,32,33)/t25-/m1/s1. The van der Waals surface area contributed by atoms with Gasteiger partial charge in [-0.1, -0.05) is 24.3 Å². The van der Waals surface area contributed by atoms with Crippen molar-refractivity contribution in [3.8, 4) is 5.82 Å². The van der Waals surface area contributed by atoms with Gasteiger partial charge in [0.05, 0.1) is 0 Å². The van der Waals surface area contributed by atoms with E-state index in [2.05, 4.69) is 31.2 Å². The third kappa shape index (κ3) is 4.14. The molecule has 1 atom stereocenters. The van der Waals surface area contributed by atoms with E-state index in [9.17, 15) is 14.0 Å². The summed E-state index contributed by atoms with van der Waals surface area (Å²) in [7, 11) is 0. The minimum Gasteiger partial charge on any atom is -0.323 e. The number of rotatable bonds is 6. The van der Waals surface area contributed by atoms with Gasteiger partial charge in [-0.05, 0) is 67.7 Å². The van der Waals surface area contributed by atoms with Crippen molar-refractivity contribution in [2.24, 2.45) is 5.92 Å². The van der Waals surface area contributed by atoms with E-state index in [0.717, 1.165) is 44.0 Å². The average Bonchev–Trinajstić information content (AvgIpc) is 3.40. The summed E-state index contributed by atoms with van der Waals surface area (Å²) in [4.78, 5) is 31.8. The fourth-order valence-corrected chi connectivity index (χ4v) is 5.08. The average molecular weight is 448 g/mol. The van der Waals surface area contributed by atoms with Crippen LogP contribution in [-0.4, -0.2) is 45.0 Å². The molecule has 7 nitrogen and oxygen atoms in total. The first-order valence-corrected chi connectivity index (χ1v) is 11.2. The number of benzene rings is 1. The van der Waals surface area contributed by atoms with Crippen LogP contribution in [0.15, 0.2) is 67.0 Å². The summed E-state index contributed by atoms with van der Waals surface area (Å²) in [5.74, 6) is 0.0701. The van der Waals surface area contributed by atoms with Crippen LogP contribution in [0.2, 0.25) is 0 Å². The first kappa shape index (κ1) is 21.3. The third-order valence-corrected chi connectivity index (χ3v) is 6.80. The zero-order valence-electron chi connectivity index (χ0n) is 18.2. The number of hydrogen-bond donors (Lipinski definition) is 2. The van der Waals surface area contributed by atoms with Crippen molar-refractivity contribution >= 4 is 11.9 Å². The predicted molar refractivity (Wildman–Crippen MR) is 121 cm³/mol. The molecule has 1 aromatic carbocycles.